The van der Waals surface area contributed by atoms with Crippen LogP contribution in [0.4, 0.5) is 0 Å². The van der Waals surface area contributed by atoms with Crippen molar-refractivity contribution in [2.75, 3.05) is 12.8 Å². The lowest BCUT2D eigenvalue weighted by molar-refractivity contribution is 0.0740. The molecule has 0 fully saturated rings. The van der Waals surface area contributed by atoms with Crippen molar-refractivity contribution in [3.8, 4) is 5.75 Å². The van der Waals surface area contributed by atoms with Crippen molar-refractivity contribution in [3.63, 3.8) is 0 Å². The van der Waals surface area contributed by atoms with E-state index in [-0.39, 0.29) is 11.7 Å². The van der Waals surface area contributed by atoms with Crippen LogP contribution in [-0.2, 0) is 16.7 Å². The van der Waals surface area contributed by atoms with Crippen LogP contribution in [0.5, 0.6) is 5.75 Å². The summed E-state index contributed by atoms with van der Waals surface area (Å²) >= 11 is 3.44. The average molecular weight is 440 g/mol. The molecule has 0 bridgehead atoms. The third-order valence-electron chi connectivity index (χ3n) is 3.72. The molecule has 0 aliphatic carbocycles. The Labute approximate surface area is 163 Å². The minimum atomic E-state index is -3.55. The van der Waals surface area contributed by atoms with Gasteiger partial charge in [0.15, 0.2) is 0 Å². The first-order valence-corrected chi connectivity index (χ1v) is 10.9. The molecule has 7 heteroatoms. The highest BCUT2D eigenvalue weighted by Gasteiger charge is 2.18. The van der Waals surface area contributed by atoms with Gasteiger partial charge in [-0.2, -0.15) is 8.42 Å². The third-order valence-corrected chi connectivity index (χ3v) is 4.90. The lowest BCUT2D eigenvalue weighted by Crippen LogP contribution is -2.31. The van der Waals surface area contributed by atoms with Crippen LogP contribution >= 0.6 is 15.9 Å². The Morgan fingerprint density at radius 3 is 2.35 bits per heavy atom. The normalized spacial score (nSPS) is 11.2. The second-order valence-corrected chi connectivity index (χ2v) is 8.42. The number of halogens is 1. The molecule has 0 N–H and O–H groups in total. The van der Waals surface area contributed by atoms with Gasteiger partial charge in [-0.25, -0.2) is 0 Å². The molecule has 0 aliphatic rings. The highest BCUT2D eigenvalue weighted by atomic mass is 79.9. The molecule has 0 atom stereocenters. The van der Waals surface area contributed by atoms with Crippen LogP contribution in [0, 0.1) is 0 Å². The van der Waals surface area contributed by atoms with Crippen molar-refractivity contribution in [2.45, 2.75) is 26.3 Å². The van der Waals surface area contributed by atoms with Crippen LogP contribution in [-0.4, -0.2) is 32.0 Å². The number of hydrogen-bond acceptors (Lipinski definition) is 4. The number of hydrogen-bond donors (Lipinski definition) is 0. The molecule has 2 rings (SSSR count). The summed E-state index contributed by atoms with van der Waals surface area (Å²) in [6.07, 6.45) is 2.90. The fourth-order valence-electron chi connectivity index (χ4n) is 2.45. The zero-order chi connectivity index (χ0) is 19.2. The SMILES string of the molecule is CCCCN(Cc1ccc(OS(C)(=O)=O)cc1)C(=O)c1ccccc1Br. The van der Waals surface area contributed by atoms with Crippen LogP contribution in [0.15, 0.2) is 53.0 Å². The average Bonchev–Trinajstić information content (AvgIpc) is 2.58. The second kappa shape index (κ2) is 9.19. The molecule has 0 saturated heterocycles. The smallest absolute Gasteiger partial charge is 0.306 e. The van der Waals surface area contributed by atoms with Crippen molar-refractivity contribution in [2.24, 2.45) is 0 Å². The van der Waals surface area contributed by atoms with Crippen LogP contribution in [0.25, 0.3) is 0 Å². The maximum absolute atomic E-state index is 12.9. The molecular formula is C19H22BrNO4S. The third kappa shape index (κ3) is 6.14. The monoisotopic (exact) mass is 439 g/mol. The summed E-state index contributed by atoms with van der Waals surface area (Å²) in [4.78, 5) is 14.7. The van der Waals surface area contributed by atoms with Gasteiger partial charge in [-0.3, -0.25) is 4.79 Å². The largest absolute Gasteiger partial charge is 0.383 e. The molecule has 0 saturated carbocycles. The number of carbonyl (C=O) groups excluding carboxylic acids is 1. The van der Waals surface area contributed by atoms with E-state index in [1.54, 1.807) is 35.2 Å². The predicted molar refractivity (Wildman–Crippen MR) is 106 cm³/mol. The Kier molecular flexibility index (Phi) is 7.23. The summed E-state index contributed by atoms with van der Waals surface area (Å²) in [5, 5.41) is 0. The molecule has 0 radical (unpaired) electrons. The molecule has 0 spiro atoms. The zero-order valence-electron chi connectivity index (χ0n) is 14.8. The van der Waals surface area contributed by atoms with Crippen molar-refractivity contribution in [1.29, 1.82) is 0 Å². The summed E-state index contributed by atoms with van der Waals surface area (Å²) in [6.45, 7) is 3.18. The maximum Gasteiger partial charge on any atom is 0.306 e. The van der Waals surface area contributed by atoms with Crippen molar-refractivity contribution < 1.29 is 17.4 Å². The van der Waals surface area contributed by atoms with Gasteiger partial charge in [0.05, 0.1) is 11.8 Å². The molecule has 2 aromatic rings. The Hall–Kier alpha value is -1.86. The standard InChI is InChI=1S/C19H22BrNO4S/c1-3-4-13-21(19(22)17-7-5-6-8-18(17)20)14-15-9-11-16(12-10-15)25-26(2,23)24/h5-12H,3-4,13-14H2,1-2H3. The highest BCUT2D eigenvalue weighted by molar-refractivity contribution is 9.10. The number of nitrogens with zero attached hydrogens (tertiary/aromatic N) is 1. The van der Waals surface area contributed by atoms with Gasteiger partial charge in [0, 0.05) is 17.6 Å². The molecule has 0 unspecified atom stereocenters. The molecule has 2 aromatic carbocycles. The summed E-state index contributed by atoms with van der Waals surface area (Å²) in [5.74, 6) is 0.218. The first-order chi connectivity index (χ1) is 12.3. The number of carbonyl (C=O) groups is 1. The topological polar surface area (TPSA) is 63.7 Å². The minimum Gasteiger partial charge on any atom is -0.383 e. The van der Waals surface area contributed by atoms with E-state index < -0.39 is 10.1 Å². The van der Waals surface area contributed by atoms with Gasteiger partial charge in [0.25, 0.3) is 5.91 Å². The van der Waals surface area contributed by atoms with Gasteiger partial charge in [-0.1, -0.05) is 37.6 Å². The van der Waals surface area contributed by atoms with E-state index >= 15 is 0 Å². The number of benzene rings is 2. The van der Waals surface area contributed by atoms with Crippen LogP contribution < -0.4 is 4.18 Å². The molecule has 0 heterocycles. The van der Waals surface area contributed by atoms with E-state index in [9.17, 15) is 13.2 Å². The van der Waals surface area contributed by atoms with Crippen LogP contribution in [0.2, 0.25) is 0 Å². The summed E-state index contributed by atoms with van der Waals surface area (Å²) < 4.78 is 28.0. The number of amides is 1. The molecule has 0 aliphatic heterocycles. The molecule has 1 amide bonds. The van der Waals surface area contributed by atoms with Gasteiger partial charge in [-0.05, 0) is 52.2 Å². The fraction of sp³-hybridized carbons (Fsp3) is 0.316. The van der Waals surface area contributed by atoms with Gasteiger partial charge in [-0.15, -0.1) is 0 Å². The van der Waals surface area contributed by atoms with Gasteiger partial charge in [0.1, 0.15) is 5.75 Å². The number of rotatable bonds is 8. The lowest BCUT2D eigenvalue weighted by Gasteiger charge is -2.23. The Balaban J connectivity index is 2.17. The van der Waals surface area contributed by atoms with Gasteiger partial charge < -0.3 is 9.08 Å². The molecule has 5 nitrogen and oxygen atoms in total. The van der Waals surface area contributed by atoms with Crippen LogP contribution in [0.1, 0.15) is 35.7 Å². The Bertz CT molecular complexity index is 850. The van der Waals surface area contributed by atoms with E-state index in [0.29, 0.717) is 18.7 Å². The van der Waals surface area contributed by atoms with E-state index in [0.717, 1.165) is 29.1 Å². The van der Waals surface area contributed by atoms with Crippen molar-refractivity contribution >= 4 is 32.0 Å². The lowest BCUT2D eigenvalue weighted by atomic mass is 10.1. The summed E-state index contributed by atoms with van der Waals surface area (Å²) in [7, 11) is -3.55. The van der Waals surface area contributed by atoms with E-state index in [1.165, 1.54) is 0 Å². The van der Waals surface area contributed by atoms with Gasteiger partial charge in [0.2, 0.25) is 0 Å². The molecule has 140 valence electrons. The maximum atomic E-state index is 12.9. The van der Waals surface area contributed by atoms with E-state index in [1.807, 2.05) is 18.2 Å². The first-order valence-electron chi connectivity index (χ1n) is 8.32. The quantitative estimate of drug-likeness (QED) is 0.577. The van der Waals surface area contributed by atoms with E-state index in [4.69, 9.17) is 4.18 Å². The Morgan fingerprint density at radius 2 is 1.77 bits per heavy atom. The molecule has 26 heavy (non-hydrogen) atoms. The zero-order valence-corrected chi connectivity index (χ0v) is 17.2. The number of unbranched alkanes of at least 4 members (excludes halogenated alkanes) is 1. The van der Waals surface area contributed by atoms with Gasteiger partial charge >= 0.3 is 10.1 Å². The minimum absolute atomic E-state index is 0.0395. The van der Waals surface area contributed by atoms with Crippen molar-refractivity contribution in [3.05, 3.63) is 64.1 Å². The Morgan fingerprint density at radius 1 is 1.12 bits per heavy atom. The molecular weight excluding hydrogens is 418 g/mol. The first kappa shape index (κ1) is 20.5. The second-order valence-electron chi connectivity index (χ2n) is 5.99. The highest BCUT2D eigenvalue weighted by Crippen LogP contribution is 2.21. The predicted octanol–water partition coefficient (Wildman–Crippen LogP) is 4.23. The summed E-state index contributed by atoms with van der Waals surface area (Å²) in [5.41, 5.74) is 1.53. The molecule has 0 aromatic heterocycles. The van der Waals surface area contributed by atoms with Crippen LogP contribution in [0.3, 0.4) is 0 Å². The fourth-order valence-corrected chi connectivity index (χ4v) is 3.37. The van der Waals surface area contributed by atoms with Crippen molar-refractivity contribution in [1.82, 2.24) is 4.90 Å². The summed E-state index contributed by atoms with van der Waals surface area (Å²) in [6, 6.07) is 14.1. The van der Waals surface area contributed by atoms with E-state index in [2.05, 4.69) is 22.9 Å².